The third-order valence-corrected chi connectivity index (χ3v) is 7.70. The molecule has 8 nitrogen and oxygen atoms in total. The Bertz CT molecular complexity index is 872. The van der Waals surface area contributed by atoms with Crippen molar-refractivity contribution in [3.63, 3.8) is 0 Å². The number of sulfone groups is 1. The number of thiophene rings is 1. The van der Waals surface area contributed by atoms with Crippen molar-refractivity contribution in [3.8, 4) is 10.7 Å². The van der Waals surface area contributed by atoms with Gasteiger partial charge in [0.2, 0.25) is 11.7 Å². The van der Waals surface area contributed by atoms with Crippen LogP contribution in [0.3, 0.4) is 0 Å². The van der Waals surface area contributed by atoms with Gasteiger partial charge < -0.3 is 4.90 Å². The summed E-state index contributed by atoms with van der Waals surface area (Å²) < 4.78 is 23.8. The molecule has 2 aliphatic rings. The second kappa shape index (κ2) is 7.07. The fraction of sp³-hybridized carbons (Fsp3) is 0.625. The van der Waals surface area contributed by atoms with Crippen LogP contribution in [0.1, 0.15) is 32.1 Å². The van der Waals surface area contributed by atoms with Gasteiger partial charge in [0, 0.05) is 12.1 Å². The topological polar surface area (TPSA) is 98.1 Å². The Morgan fingerprint density at radius 1 is 1.27 bits per heavy atom. The Hall–Kier alpha value is -1.81. The molecule has 1 saturated carbocycles. The lowest BCUT2D eigenvalue weighted by Crippen LogP contribution is -2.48. The maximum atomic E-state index is 13.0. The van der Waals surface area contributed by atoms with E-state index in [1.807, 2.05) is 22.4 Å². The van der Waals surface area contributed by atoms with E-state index in [2.05, 4.69) is 15.4 Å². The fourth-order valence-corrected chi connectivity index (χ4v) is 6.26. The second-order valence-electron chi connectivity index (χ2n) is 6.92. The van der Waals surface area contributed by atoms with Gasteiger partial charge in [-0.15, -0.1) is 21.5 Å². The van der Waals surface area contributed by atoms with E-state index in [0.717, 1.165) is 30.6 Å². The van der Waals surface area contributed by atoms with Gasteiger partial charge >= 0.3 is 0 Å². The average Bonchev–Trinajstić information content (AvgIpc) is 3.34. The SMILES string of the molecule is O=C(Cn1nnc(-c2cccs2)n1)N(C1CCCC1)[C@H]1CCS(=O)(=O)C1. The Balaban J connectivity index is 1.51. The summed E-state index contributed by atoms with van der Waals surface area (Å²) in [6, 6.07) is 3.72. The Kier molecular flexibility index (Phi) is 4.78. The minimum Gasteiger partial charge on any atom is -0.334 e. The predicted molar refractivity (Wildman–Crippen MR) is 97.3 cm³/mol. The number of tetrazole rings is 1. The lowest BCUT2D eigenvalue weighted by Gasteiger charge is -2.33. The van der Waals surface area contributed by atoms with Crippen LogP contribution in [0.25, 0.3) is 10.7 Å². The summed E-state index contributed by atoms with van der Waals surface area (Å²) in [5.41, 5.74) is 0. The molecule has 4 rings (SSSR count). The van der Waals surface area contributed by atoms with Crippen LogP contribution >= 0.6 is 11.3 Å². The number of aromatic nitrogens is 4. The molecule has 0 radical (unpaired) electrons. The molecule has 1 amide bonds. The number of nitrogens with zero attached hydrogens (tertiary/aromatic N) is 5. The molecular formula is C16H21N5O3S2. The van der Waals surface area contributed by atoms with Crippen LogP contribution in [-0.2, 0) is 21.2 Å². The summed E-state index contributed by atoms with van der Waals surface area (Å²) in [4.78, 5) is 17.0. The van der Waals surface area contributed by atoms with Gasteiger partial charge in [-0.25, -0.2) is 8.42 Å². The first-order chi connectivity index (χ1) is 12.5. The third-order valence-electron chi connectivity index (χ3n) is 5.08. The third kappa shape index (κ3) is 3.66. The highest BCUT2D eigenvalue weighted by atomic mass is 32.2. The first kappa shape index (κ1) is 17.6. The molecule has 0 bridgehead atoms. The number of carbonyl (C=O) groups excluding carboxylic acids is 1. The van der Waals surface area contributed by atoms with Crippen LogP contribution in [0.5, 0.6) is 0 Å². The molecule has 2 fully saturated rings. The normalized spacial score (nSPS) is 22.7. The van der Waals surface area contributed by atoms with Gasteiger partial charge in [0.05, 0.1) is 16.4 Å². The minimum atomic E-state index is -3.04. The van der Waals surface area contributed by atoms with Gasteiger partial charge in [0.15, 0.2) is 9.84 Å². The minimum absolute atomic E-state index is 0.00851. The largest absolute Gasteiger partial charge is 0.334 e. The molecule has 3 heterocycles. The monoisotopic (exact) mass is 395 g/mol. The molecular weight excluding hydrogens is 374 g/mol. The number of rotatable bonds is 5. The molecule has 0 aromatic carbocycles. The lowest BCUT2D eigenvalue weighted by atomic mass is 10.1. The van der Waals surface area contributed by atoms with Crippen molar-refractivity contribution >= 4 is 27.1 Å². The maximum absolute atomic E-state index is 13.0. The van der Waals surface area contributed by atoms with E-state index < -0.39 is 9.84 Å². The maximum Gasteiger partial charge on any atom is 0.246 e. The van der Waals surface area contributed by atoms with E-state index in [4.69, 9.17) is 0 Å². The van der Waals surface area contributed by atoms with Gasteiger partial charge in [-0.2, -0.15) is 4.80 Å². The smallest absolute Gasteiger partial charge is 0.246 e. The summed E-state index contributed by atoms with van der Waals surface area (Å²) in [7, 11) is -3.04. The van der Waals surface area contributed by atoms with Crippen molar-refractivity contribution in [2.24, 2.45) is 0 Å². The molecule has 1 aliphatic heterocycles. The molecule has 10 heteroatoms. The Morgan fingerprint density at radius 2 is 2.08 bits per heavy atom. The summed E-state index contributed by atoms with van der Waals surface area (Å²) in [6.07, 6.45) is 4.56. The summed E-state index contributed by atoms with van der Waals surface area (Å²) in [6.45, 7) is -0.00851. The average molecular weight is 396 g/mol. The number of hydrogen-bond donors (Lipinski definition) is 0. The van der Waals surface area contributed by atoms with E-state index in [9.17, 15) is 13.2 Å². The van der Waals surface area contributed by atoms with Crippen LogP contribution in [0.2, 0.25) is 0 Å². The quantitative estimate of drug-likeness (QED) is 0.758. The van der Waals surface area contributed by atoms with Crippen LogP contribution < -0.4 is 0 Å². The van der Waals surface area contributed by atoms with E-state index in [-0.39, 0.29) is 36.0 Å². The molecule has 1 atom stereocenters. The van der Waals surface area contributed by atoms with E-state index in [1.165, 1.54) is 16.1 Å². The summed E-state index contributed by atoms with van der Waals surface area (Å²) in [5, 5.41) is 14.2. The molecule has 140 valence electrons. The van der Waals surface area contributed by atoms with Crippen molar-refractivity contribution in [3.05, 3.63) is 17.5 Å². The highest BCUT2D eigenvalue weighted by molar-refractivity contribution is 7.91. The van der Waals surface area contributed by atoms with Gasteiger partial charge in [0.1, 0.15) is 6.54 Å². The van der Waals surface area contributed by atoms with Crippen LogP contribution in [-0.4, -0.2) is 63.0 Å². The number of hydrogen-bond acceptors (Lipinski definition) is 7. The number of amides is 1. The first-order valence-electron chi connectivity index (χ1n) is 8.85. The van der Waals surface area contributed by atoms with Crippen molar-refractivity contribution in [1.82, 2.24) is 25.1 Å². The van der Waals surface area contributed by atoms with Crippen molar-refractivity contribution < 1.29 is 13.2 Å². The highest BCUT2D eigenvalue weighted by Crippen LogP contribution is 2.29. The Morgan fingerprint density at radius 3 is 2.73 bits per heavy atom. The van der Waals surface area contributed by atoms with E-state index in [1.54, 1.807) is 0 Å². The van der Waals surface area contributed by atoms with Crippen molar-refractivity contribution in [1.29, 1.82) is 0 Å². The zero-order chi connectivity index (χ0) is 18.1. The zero-order valence-corrected chi connectivity index (χ0v) is 16.0. The summed E-state index contributed by atoms with van der Waals surface area (Å²) in [5.74, 6) is 0.622. The predicted octanol–water partition coefficient (Wildman–Crippen LogP) is 1.36. The molecule has 0 unspecified atom stereocenters. The molecule has 2 aromatic rings. The molecule has 2 aromatic heterocycles. The van der Waals surface area contributed by atoms with Crippen LogP contribution in [0.4, 0.5) is 0 Å². The number of carbonyl (C=O) groups is 1. The highest BCUT2D eigenvalue weighted by Gasteiger charge is 2.39. The fourth-order valence-electron chi connectivity index (χ4n) is 3.90. The van der Waals surface area contributed by atoms with Crippen LogP contribution in [0.15, 0.2) is 17.5 Å². The molecule has 1 saturated heterocycles. The standard InChI is InChI=1S/C16H21N5O3S2/c22-15(10-20-18-16(17-19-20)14-6-3-8-25-14)21(12-4-1-2-5-12)13-7-9-26(23,24)11-13/h3,6,8,12-13H,1-2,4-5,7,9-11H2/t13-/m0/s1. The van der Waals surface area contributed by atoms with Crippen molar-refractivity contribution in [2.75, 3.05) is 11.5 Å². The molecule has 1 aliphatic carbocycles. The van der Waals surface area contributed by atoms with Crippen LogP contribution in [0, 0.1) is 0 Å². The van der Waals surface area contributed by atoms with E-state index >= 15 is 0 Å². The van der Waals surface area contributed by atoms with Gasteiger partial charge in [-0.05, 0) is 35.9 Å². The van der Waals surface area contributed by atoms with Gasteiger partial charge in [-0.3, -0.25) is 4.79 Å². The van der Waals surface area contributed by atoms with E-state index in [0.29, 0.717) is 12.2 Å². The molecule has 0 spiro atoms. The van der Waals surface area contributed by atoms with Crippen molar-refractivity contribution in [2.45, 2.75) is 50.7 Å². The Labute approximate surface area is 156 Å². The second-order valence-corrected chi connectivity index (χ2v) is 10.1. The first-order valence-corrected chi connectivity index (χ1v) is 11.6. The van der Waals surface area contributed by atoms with Gasteiger partial charge in [0.25, 0.3) is 0 Å². The summed E-state index contributed by atoms with van der Waals surface area (Å²) >= 11 is 1.51. The zero-order valence-electron chi connectivity index (χ0n) is 14.3. The van der Waals surface area contributed by atoms with Gasteiger partial charge in [-0.1, -0.05) is 18.9 Å². The molecule has 0 N–H and O–H groups in total. The lowest BCUT2D eigenvalue weighted by molar-refractivity contribution is -0.136. The molecule has 26 heavy (non-hydrogen) atoms.